The third-order valence-corrected chi connectivity index (χ3v) is 4.52. The van der Waals surface area contributed by atoms with Gasteiger partial charge >= 0.3 is 12.0 Å². The molecule has 1 N–H and O–H groups in total. The summed E-state index contributed by atoms with van der Waals surface area (Å²) < 4.78 is 21.4. The zero-order valence-corrected chi connectivity index (χ0v) is 16.4. The number of carbonyl (C=O) groups excluding carboxylic acids is 2. The smallest absolute Gasteiger partial charge is 0.341 e. The second-order valence-corrected chi connectivity index (χ2v) is 6.60. The van der Waals surface area contributed by atoms with E-state index in [1.807, 2.05) is 25.1 Å². The van der Waals surface area contributed by atoms with E-state index in [1.165, 1.54) is 12.0 Å². The minimum absolute atomic E-state index is 0.220. The molecule has 2 aromatic rings. The van der Waals surface area contributed by atoms with Gasteiger partial charge in [-0.2, -0.15) is 0 Å². The Labute approximate surface area is 163 Å². The number of aryl methyl sites for hydroxylation is 1. The highest BCUT2D eigenvalue weighted by molar-refractivity contribution is 5.90. The largest absolute Gasteiger partial charge is 0.486 e. The predicted octanol–water partition coefficient (Wildman–Crippen LogP) is 3.05. The second-order valence-electron chi connectivity index (χ2n) is 6.60. The Balaban J connectivity index is 1.61. The van der Waals surface area contributed by atoms with Crippen LogP contribution in [0.4, 0.5) is 4.79 Å². The van der Waals surface area contributed by atoms with Crippen LogP contribution in [0.25, 0.3) is 0 Å². The van der Waals surface area contributed by atoms with Crippen LogP contribution in [-0.4, -0.2) is 44.3 Å². The Kier molecular flexibility index (Phi) is 5.77. The quantitative estimate of drug-likeness (QED) is 0.792. The van der Waals surface area contributed by atoms with Gasteiger partial charge < -0.3 is 28.8 Å². The summed E-state index contributed by atoms with van der Waals surface area (Å²) in [5.74, 6) is 1.88. The molecule has 0 radical (unpaired) electrons. The highest BCUT2D eigenvalue weighted by atomic mass is 16.6. The van der Waals surface area contributed by atoms with Crippen LogP contribution in [0, 0.1) is 6.92 Å². The van der Waals surface area contributed by atoms with Gasteiger partial charge in [0.2, 0.25) is 0 Å². The van der Waals surface area contributed by atoms with E-state index in [1.54, 1.807) is 20.0 Å². The normalized spacial score (nSPS) is 13.6. The number of urea groups is 1. The molecule has 2 amide bonds. The summed E-state index contributed by atoms with van der Waals surface area (Å²) in [6.07, 6.45) is 0. The molecule has 1 aliphatic rings. The number of ether oxygens (including phenoxy) is 3. The summed E-state index contributed by atoms with van der Waals surface area (Å²) in [5, 5.41) is 2.94. The first kappa shape index (κ1) is 19.6. The molecule has 0 fully saturated rings. The van der Waals surface area contributed by atoms with Gasteiger partial charge in [-0.25, -0.2) is 9.59 Å². The standard InChI is InChI=1S/C20H24N2O6/c1-12(14-5-6-17-18(9-14)27-8-7-26-17)21-20(24)22(3)11-15-10-16(13(2)28-15)19(23)25-4/h5-6,9-10,12H,7-8,11H2,1-4H3,(H,21,24). The van der Waals surface area contributed by atoms with Crippen molar-refractivity contribution in [2.45, 2.75) is 26.4 Å². The highest BCUT2D eigenvalue weighted by Gasteiger charge is 2.20. The Morgan fingerprint density at radius 3 is 2.64 bits per heavy atom. The van der Waals surface area contributed by atoms with E-state index in [9.17, 15) is 9.59 Å². The minimum Gasteiger partial charge on any atom is -0.486 e. The number of nitrogens with zero attached hydrogens (tertiary/aromatic N) is 1. The first-order valence-electron chi connectivity index (χ1n) is 8.98. The highest BCUT2D eigenvalue weighted by Crippen LogP contribution is 2.32. The van der Waals surface area contributed by atoms with Crippen molar-refractivity contribution >= 4 is 12.0 Å². The number of esters is 1. The van der Waals surface area contributed by atoms with Gasteiger partial charge in [-0.05, 0) is 37.6 Å². The topological polar surface area (TPSA) is 90.2 Å². The Bertz CT molecular complexity index is 876. The van der Waals surface area contributed by atoms with Gasteiger partial charge in [-0.3, -0.25) is 0 Å². The number of nitrogens with one attached hydrogen (secondary N) is 1. The van der Waals surface area contributed by atoms with E-state index in [0.717, 1.165) is 5.56 Å². The average molecular weight is 388 g/mol. The zero-order valence-electron chi connectivity index (χ0n) is 16.4. The van der Waals surface area contributed by atoms with Gasteiger partial charge in [0.1, 0.15) is 30.3 Å². The van der Waals surface area contributed by atoms with Gasteiger partial charge in [-0.1, -0.05) is 6.07 Å². The third kappa shape index (κ3) is 4.21. The number of amides is 2. The van der Waals surface area contributed by atoms with Crippen LogP contribution in [-0.2, 0) is 11.3 Å². The van der Waals surface area contributed by atoms with Crippen molar-refractivity contribution in [3.8, 4) is 11.5 Å². The van der Waals surface area contributed by atoms with Crippen LogP contribution in [0.3, 0.4) is 0 Å². The predicted molar refractivity (Wildman–Crippen MR) is 101 cm³/mol. The number of methoxy groups -OCH3 is 1. The van der Waals surface area contributed by atoms with Crippen molar-refractivity contribution in [3.05, 3.63) is 46.9 Å². The molecule has 150 valence electrons. The first-order valence-corrected chi connectivity index (χ1v) is 8.98. The molecule has 8 nitrogen and oxygen atoms in total. The Hall–Kier alpha value is -3.16. The fourth-order valence-corrected chi connectivity index (χ4v) is 2.95. The third-order valence-electron chi connectivity index (χ3n) is 4.52. The lowest BCUT2D eigenvalue weighted by atomic mass is 10.1. The van der Waals surface area contributed by atoms with E-state index in [2.05, 4.69) is 5.32 Å². The molecule has 2 heterocycles. The number of hydrogen-bond donors (Lipinski definition) is 1. The van der Waals surface area contributed by atoms with E-state index < -0.39 is 5.97 Å². The molecule has 0 saturated carbocycles. The molecule has 0 bridgehead atoms. The fourth-order valence-electron chi connectivity index (χ4n) is 2.95. The number of carbonyl (C=O) groups is 2. The molecular weight excluding hydrogens is 364 g/mol. The monoisotopic (exact) mass is 388 g/mol. The van der Waals surface area contributed by atoms with Gasteiger partial charge in [0, 0.05) is 7.05 Å². The van der Waals surface area contributed by atoms with Crippen LogP contribution in [0.15, 0.2) is 28.7 Å². The number of fused-ring (bicyclic) bond motifs is 1. The van der Waals surface area contributed by atoms with E-state index in [0.29, 0.717) is 41.8 Å². The zero-order chi connectivity index (χ0) is 20.3. The van der Waals surface area contributed by atoms with Crippen molar-refractivity contribution < 1.29 is 28.2 Å². The van der Waals surface area contributed by atoms with Crippen LogP contribution < -0.4 is 14.8 Å². The minimum atomic E-state index is -0.466. The lowest BCUT2D eigenvalue weighted by Crippen LogP contribution is -2.38. The molecule has 8 heteroatoms. The van der Waals surface area contributed by atoms with Gasteiger partial charge in [0.05, 0.1) is 19.7 Å². The second kappa shape index (κ2) is 8.24. The van der Waals surface area contributed by atoms with Gasteiger partial charge in [0.25, 0.3) is 0 Å². The maximum atomic E-state index is 12.5. The van der Waals surface area contributed by atoms with Crippen LogP contribution in [0.2, 0.25) is 0 Å². The molecular formula is C20H24N2O6. The maximum absolute atomic E-state index is 12.5. The van der Waals surface area contributed by atoms with Crippen molar-refractivity contribution in [3.63, 3.8) is 0 Å². The molecule has 1 aromatic heterocycles. The van der Waals surface area contributed by atoms with Gasteiger partial charge in [-0.15, -0.1) is 0 Å². The van der Waals surface area contributed by atoms with E-state index in [-0.39, 0.29) is 18.6 Å². The number of hydrogen-bond acceptors (Lipinski definition) is 6. The van der Waals surface area contributed by atoms with Crippen molar-refractivity contribution in [2.24, 2.45) is 0 Å². The lowest BCUT2D eigenvalue weighted by Gasteiger charge is -2.23. The van der Waals surface area contributed by atoms with Gasteiger partial charge in [0.15, 0.2) is 11.5 Å². The molecule has 0 aliphatic carbocycles. The number of furan rings is 1. The summed E-state index contributed by atoms with van der Waals surface area (Å²) in [6.45, 7) is 4.84. The Morgan fingerprint density at radius 2 is 1.93 bits per heavy atom. The molecule has 1 aliphatic heterocycles. The van der Waals surface area contributed by atoms with Crippen molar-refractivity contribution in [2.75, 3.05) is 27.4 Å². The van der Waals surface area contributed by atoms with Crippen molar-refractivity contribution in [1.29, 1.82) is 0 Å². The summed E-state index contributed by atoms with van der Waals surface area (Å²) in [4.78, 5) is 25.7. The van der Waals surface area contributed by atoms with Crippen LogP contribution in [0.1, 0.15) is 40.4 Å². The summed E-state index contributed by atoms with van der Waals surface area (Å²) >= 11 is 0. The molecule has 3 rings (SSSR count). The maximum Gasteiger partial charge on any atom is 0.341 e. The molecule has 0 saturated heterocycles. The fraction of sp³-hybridized carbons (Fsp3) is 0.400. The molecule has 1 atom stereocenters. The molecule has 1 aromatic carbocycles. The molecule has 0 spiro atoms. The molecule has 1 unspecified atom stereocenters. The number of benzene rings is 1. The lowest BCUT2D eigenvalue weighted by molar-refractivity contribution is 0.0598. The van der Waals surface area contributed by atoms with E-state index in [4.69, 9.17) is 18.6 Å². The number of rotatable bonds is 5. The summed E-state index contributed by atoms with van der Waals surface area (Å²) in [6, 6.07) is 6.71. The van der Waals surface area contributed by atoms with E-state index >= 15 is 0 Å². The van der Waals surface area contributed by atoms with Crippen molar-refractivity contribution in [1.82, 2.24) is 10.2 Å². The van der Waals surface area contributed by atoms with Crippen LogP contribution in [0.5, 0.6) is 11.5 Å². The van der Waals surface area contributed by atoms with Crippen LogP contribution >= 0.6 is 0 Å². The summed E-state index contributed by atoms with van der Waals surface area (Å²) in [5.41, 5.74) is 1.27. The molecule has 28 heavy (non-hydrogen) atoms. The first-order chi connectivity index (χ1) is 13.4. The SMILES string of the molecule is COC(=O)c1cc(CN(C)C(=O)NC(C)c2ccc3c(c2)OCCO3)oc1C. The Morgan fingerprint density at radius 1 is 1.21 bits per heavy atom. The summed E-state index contributed by atoms with van der Waals surface area (Å²) in [7, 11) is 2.97. The average Bonchev–Trinajstić information content (AvgIpc) is 3.06.